The van der Waals surface area contributed by atoms with E-state index in [2.05, 4.69) is 0 Å². The number of rotatable bonds is 5. The third-order valence-corrected chi connectivity index (χ3v) is 4.53. The lowest BCUT2D eigenvalue weighted by molar-refractivity contribution is 0.0781. The lowest BCUT2D eigenvalue weighted by atomic mass is 10.1. The van der Waals surface area contributed by atoms with Crippen LogP contribution in [-0.4, -0.2) is 33.4 Å². The van der Waals surface area contributed by atoms with E-state index >= 15 is 0 Å². The van der Waals surface area contributed by atoms with Crippen LogP contribution in [0.1, 0.15) is 15.9 Å². The summed E-state index contributed by atoms with van der Waals surface area (Å²) in [6.45, 7) is 0.308. The van der Waals surface area contributed by atoms with Gasteiger partial charge in [0.25, 0.3) is 5.91 Å². The van der Waals surface area contributed by atoms with E-state index < -0.39 is 15.9 Å². The Morgan fingerprint density at radius 1 is 1.25 bits per heavy atom. The second-order valence-corrected chi connectivity index (χ2v) is 7.20. The topological polar surface area (TPSA) is 89.7 Å². The van der Waals surface area contributed by atoms with Crippen LogP contribution in [0.5, 0.6) is 5.75 Å². The smallest absolute Gasteiger partial charge is 0.257 e. The van der Waals surface area contributed by atoms with Gasteiger partial charge in [-0.25, -0.2) is 13.6 Å². The molecule has 0 aliphatic rings. The fraction of sp³-hybridized carbons (Fsp3) is 0.188. The van der Waals surface area contributed by atoms with Gasteiger partial charge in [0.1, 0.15) is 5.75 Å². The molecule has 0 aliphatic carbocycles. The van der Waals surface area contributed by atoms with Gasteiger partial charge in [0.05, 0.1) is 17.6 Å². The summed E-state index contributed by atoms with van der Waals surface area (Å²) < 4.78 is 28.2. The van der Waals surface area contributed by atoms with E-state index in [0.717, 1.165) is 5.56 Å². The summed E-state index contributed by atoms with van der Waals surface area (Å²) in [4.78, 5) is 14.0. The number of hydrogen-bond donors (Lipinski definition) is 1. The summed E-state index contributed by atoms with van der Waals surface area (Å²) in [5, 5.41) is 5.70. The minimum atomic E-state index is -3.92. The average molecular weight is 369 g/mol. The molecule has 0 radical (unpaired) electrons. The Kier molecular flexibility index (Phi) is 5.48. The predicted octanol–water partition coefficient (Wildman–Crippen LogP) is 2.27. The highest BCUT2D eigenvalue weighted by Gasteiger charge is 2.20. The van der Waals surface area contributed by atoms with Crippen LogP contribution in [0.2, 0.25) is 5.02 Å². The first-order chi connectivity index (χ1) is 11.2. The molecular formula is C16H17ClN2O4S. The van der Waals surface area contributed by atoms with Gasteiger partial charge >= 0.3 is 0 Å². The molecular weight excluding hydrogens is 352 g/mol. The van der Waals surface area contributed by atoms with E-state index in [0.29, 0.717) is 11.6 Å². The van der Waals surface area contributed by atoms with Crippen molar-refractivity contribution in [3.05, 3.63) is 58.6 Å². The maximum Gasteiger partial charge on any atom is 0.257 e. The number of nitrogens with two attached hydrogens (primary N) is 1. The molecule has 8 heteroatoms. The third kappa shape index (κ3) is 4.25. The predicted molar refractivity (Wildman–Crippen MR) is 91.6 cm³/mol. The van der Waals surface area contributed by atoms with Gasteiger partial charge in [-0.2, -0.15) is 0 Å². The molecule has 0 fully saturated rings. The molecule has 0 heterocycles. The summed E-state index contributed by atoms with van der Waals surface area (Å²) in [6, 6.07) is 11.0. The van der Waals surface area contributed by atoms with Crippen molar-refractivity contribution in [3.8, 4) is 5.75 Å². The first-order valence-corrected chi connectivity index (χ1v) is 8.85. The molecule has 0 spiro atoms. The largest absolute Gasteiger partial charge is 0.496 e. The number of carbonyl (C=O) groups is 1. The minimum Gasteiger partial charge on any atom is -0.496 e. The van der Waals surface area contributed by atoms with Crippen LogP contribution in [0.15, 0.2) is 47.4 Å². The highest BCUT2D eigenvalue weighted by atomic mass is 35.5. The van der Waals surface area contributed by atoms with Crippen molar-refractivity contribution in [1.82, 2.24) is 4.90 Å². The van der Waals surface area contributed by atoms with Crippen molar-refractivity contribution in [1.29, 1.82) is 0 Å². The Morgan fingerprint density at radius 3 is 2.54 bits per heavy atom. The Hall–Kier alpha value is -2.09. The minimum absolute atomic E-state index is 0.119. The van der Waals surface area contributed by atoms with Crippen LogP contribution in [0.4, 0.5) is 0 Å². The van der Waals surface area contributed by atoms with Crippen LogP contribution in [0.25, 0.3) is 0 Å². The number of hydrogen-bond acceptors (Lipinski definition) is 4. The van der Waals surface area contributed by atoms with E-state index in [1.165, 1.54) is 30.2 Å². The van der Waals surface area contributed by atoms with Crippen molar-refractivity contribution < 1.29 is 17.9 Å². The normalized spacial score (nSPS) is 11.2. The zero-order valence-electron chi connectivity index (χ0n) is 13.2. The monoisotopic (exact) mass is 368 g/mol. The van der Waals surface area contributed by atoms with Crippen molar-refractivity contribution in [3.63, 3.8) is 0 Å². The summed E-state index contributed by atoms with van der Waals surface area (Å²) in [5.41, 5.74) is 0.966. The lowest BCUT2D eigenvalue weighted by Crippen LogP contribution is -2.27. The first-order valence-electron chi connectivity index (χ1n) is 6.93. The van der Waals surface area contributed by atoms with Crippen LogP contribution in [-0.2, 0) is 16.6 Å². The summed E-state index contributed by atoms with van der Waals surface area (Å²) in [5.74, 6) is -0.123. The highest BCUT2D eigenvalue weighted by Crippen LogP contribution is 2.24. The van der Waals surface area contributed by atoms with Gasteiger partial charge in [-0.1, -0.05) is 23.7 Å². The molecule has 0 saturated heterocycles. The van der Waals surface area contributed by atoms with E-state index in [1.54, 1.807) is 25.2 Å². The van der Waals surface area contributed by atoms with E-state index in [9.17, 15) is 13.2 Å². The molecule has 0 aliphatic heterocycles. The van der Waals surface area contributed by atoms with Gasteiger partial charge in [-0.3, -0.25) is 4.79 Å². The summed E-state index contributed by atoms with van der Waals surface area (Å²) >= 11 is 5.94. The van der Waals surface area contributed by atoms with Gasteiger partial charge in [0, 0.05) is 18.6 Å². The van der Waals surface area contributed by atoms with Crippen molar-refractivity contribution >= 4 is 27.5 Å². The number of methoxy groups -OCH3 is 1. The van der Waals surface area contributed by atoms with Crippen LogP contribution in [0.3, 0.4) is 0 Å². The van der Waals surface area contributed by atoms with E-state index in [-0.39, 0.29) is 16.2 Å². The van der Waals surface area contributed by atoms with Crippen LogP contribution in [0, 0.1) is 0 Å². The molecule has 0 bridgehead atoms. The Balaban J connectivity index is 2.33. The fourth-order valence-electron chi connectivity index (χ4n) is 2.22. The molecule has 2 rings (SSSR count). The Bertz CT molecular complexity index is 868. The quantitative estimate of drug-likeness (QED) is 0.876. The summed E-state index contributed by atoms with van der Waals surface area (Å²) in [7, 11) is -0.912. The maximum absolute atomic E-state index is 12.7. The Labute approximate surface area is 145 Å². The lowest BCUT2D eigenvalue weighted by Gasteiger charge is -2.19. The van der Waals surface area contributed by atoms with Gasteiger partial charge in [0.15, 0.2) is 0 Å². The van der Waals surface area contributed by atoms with Gasteiger partial charge in [0.2, 0.25) is 10.0 Å². The number of benzene rings is 2. The number of ether oxygens (including phenoxy) is 1. The number of nitrogens with zero attached hydrogens (tertiary/aromatic N) is 1. The average Bonchev–Trinajstić information content (AvgIpc) is 2.52. The second-order valence-electron chi connectivity index (χ2n) is 5.20. The van der Waals surface area contributed by atoms with Crippen LogP contribution < -0.4 is 9.88 Å². The van der Waals surface area contributed by atoms with Gasteiger partial charge < -0.3 is 9.64 Å². The first kappa shape index (κ1) is 18.3. The number of primary sulfonamides is 1. The second kappa shape index (κ2) is 7.21. The van der Waals surface area contributed by atoms with E-state index in [1.807, 2.05) is 6.07 Å². The van der Waals surface area contributed by atoms with Crippen molar-refractivity contribution in [2.24, 2.45) is 5.14 Å². The zero-order valence-corrected chi connectivity index (χ0v) is 14.8. The molecule has 2 aromatic rings. The van der Waals surface area contributed by atoms with Crippen molar-refractivity contribution in [2.45, 2.75) is 11.4 Å². The zero-order chi connectivity index (χ0) is 17.9. The summed E-state index contributed by atoms with van der Waals surface area (Å²) in [6.07, 6.45) is 0. The fourth-order valence-corrected chi connectivity index (χ4v) is 2.97. The number of carbonyl (C=O) groups excluding carboxylic acids is 1. The molecule has 24 heavy (non-hydrogen) atoms. The molecule has 6 nitrogen and oxygen atoms in total. The Morgan fingerprint density at radius 2 is 1.96 bits per heavy atom. The highest BCUT2D eigenvalue weighted by molar-refractivity contribution is 7.89. The van der Waals surface area contributed by atoms with Gasteiger partial charge in [-0.05, 0) is 35.9 Å². The SMILES string of the molecule is COc1ccc(S(N)(=O)=O)cc1C(=O)N(C)Cc1cccc(Cl)c1. The molecule has 0 aromatic heterocycles. The molecule has 2 aromatic carbocycles. The van der Waals surface area contributed by atoms with Crippen LogP contribution >= 0.6 is 11.6 Å². The number of amides is 1. The number of halogens is 1. The molecule has 1 amide bonds. The van der Waals surface area contributed by atoms with E-state index in [4.69, 9.17) is 21.5 Å². The standard InChI is InChI=1S/C16H17ClN2O4S/c1-19(10-11-4-3-5-12(17)8-11)16(20)14-9-13(24(18,21)22)6-7-15(14)23-2/h3-9H,10H2,1-2H3,(H2,18,21,22). The maximum atomic E-state index is 12.7. The van der Waals surface area contributed by atoms with Gasteiger partial charge in [-0.15, -0.1) is 0 Å². The third-order valence-electron chi connectivity index (χ3n) is 3.39. The molecule has 2 N–H and O–H groups in total. The number of sulfonamides is 1. The molecule has 128 valence electrons. The molecule has 0 saturated carbocycles. The molecule has 0 unspecified atom stereocenters. The van der Waals surface area contributed by atoms with Crippen molar-refractivity contribution in [2.75, 3.05) is 14.2 Å². The molecule has 0 atom stereocenters.